The lowest BCUT2D eigenvalue weighted by Crippen LogP contribution is -2.24. The van der Waals surface area contributed by atoms with Crippen LogP contribution in [0.5, 0.6) is 0 Å². The summed E-state index contributed by atoms with van der Waals surface area (Å²) in [5, 5.41) is 2.66. The zero-order valence-electron chi connectivity index (χ0n) is 10.8. The Hall–Kier alpha value is -1.25. The van der Waals surface area contributed by atoms with Gasteiger partial charge in [0.1, 0.15) is 0 Å². The quantitative estimate of drug-likeness (QED) is 0.703. The number of rotatable bonds is 6. The van der Waals surface area contributed by atoms with Crippen molar-refractivity contribution in [2.75, 3.05) is 13.2 Å². The molecule has 1 amide bonds. The highest BCUT2D eigenvalue weighted by atomic mass is 16.5. The molecule has 0 aromatic carbocycles. The van der Waals surface area contributed by atoms with Gasteiger partial charge in [0.25, 0.3) is 0 Å². The first kappa shape index (κ1) is 14.8. The molecular weight excluding hydrogens is 202 g/mol. The van der Waals surface area contributed by atoms with E-state index in [1.54, 1.807) is 6.92 Å². The highest BCUT2D eigenvalue weighted by Gasteiger charge is 1.96. The van der Waals surface area contributed by atoms with Crippen molar-refractivity contribution in [1.29, 1.82) is 0 Å². The van der Waals surface area contributed by atoms with Gasteiger partial charge in [-0.25, -0.2) is 4.79 Å². The van der Waals surface area contributed by atoms with Crippen molar-refractivity contribution in [2.24, 2.45) is 0 Å². The second kappa shape index (κ2) is 9.01. The molecule has 1 N–H and O–H groups in total. The van der Waals surface area contributed by atoms with Crippen LogP contribution in [0.1, 0.15) is 40.5 Å². The van der Waals surface area contributed by atoms with Gasteiger partial charge in [-0.05, 0) is 40.5 Å². The number of allylic oxidation sites excluding steroid dienone is 3. The molecule has 0 saturated heterocycles. The van der Waals surface area contributed by atoms with Crippen LogP contribution in [-0.4, -0.2) is 19.2 Å². The van der Waals surface area contributed by atoms with Crippen molar-refractivity contribution in [3.63, 3.8) is 0 Å². The number of carbonyl (C=O) groups is 1. The highest BCUT2D eigenvalue weighted by molar-refractivity contribution is 5.67. The Bertz CT molecular complexity index is 263. The maximum Gasteiger partial charge on any atom is 0.407 e. The first-order chi connectivity index (χ1) is 7.56. The fourth-order valence-corrected chi connectivity index (χ4v) is 1.18. The lowest BCUT2D eigenvalue weighted by atomic mass is 10.1. The van der Waals surface area contributed by atoms with Crippen LogP contribution in [0.4, 0.5) is 4.79 Å². The fourth-order valence-electron chi connectivity index (χ4n) is 1.18. The Morgan fingerprint density at radius 2 is 1.94 bits per heavy atom. The van der Waals surface area contributed by atoms with Gasteiger partial charge in [-0.15, -0.1) is 0 Å². The number of hydrogen-bond donors (Lipinski definition) is 1. The second-order valence-electron chi connectivity index (χ2n) is 3.97. The van der Waals surface area contributed by atoms with E-state index >= 15 is 0 Å². The third kappa shape index (κ3) is 9.31. The molecule has 0 radical (unpaired) electrons. The zero-order valence-corrected chi connectivity index (χ0v) is 10.8. The minimum Gasteiger partial charge on any atom is -0.450 e. The van der Waals surface area contributed by atoms with E-state index in [1.165, 1.54) is 11.1 Å². The van der Waals surface area contributed by atoms with Gasteiger partial charge in [0, 0.05) is 6.54 Å². The van der Waals surface area contributed by atoms with Crippen LogP contribution >= 0.6 is 0 Å². The Labute approximate surface area is 98.6 Å². The SMILES string of the molecule is CCOC(=O)NCC=C(C)CCC=C(C)C. The maximum absolute atomic E-state index is 11.0. The van der Waals surface area contributed by atoms with Crippen LogP contribution in [0.25, 0.3) is 0 Å². The molecule has 0 aromatic rings. The molecule has 0 saturated carbocycles. The predicted molar refractivity (Wildman–Crippen MR) is 67.4 cm³/mol. The Morgan fingerprint density at radius 3 is 2.50 bits per heavy atom. The molecule has 92 valence electrons. The molecule has 0 fully saturated rings. The summed E-state index contributed by atoms with van der Waals surface area (Å²) >= 11 is 0. The van der Waals surface area contributed by atoms with E-state index in [0.29, 0.717) is 13.2 Å². The van der Waals surface area contributed by atoms with E-state index in [4.69, 9.17) is 4.74 Å². The first-order valence-electron chi connectivity index (χ1n) is 5.75. The summed E-state index contributed by atoms with van der Waals surface area (Å²) in [7, 11) is 0. The fraction of sp³-hybridized carbons (Fsp3) is 0.615. The van der Waals surface area contributed by atoms with Crippen molar-refractivity contribution >= 4 is 6.09 Å². The number of amides is 1. The molecule has 0 aromatic heterocycles. The third-order valence-corrected chi connectivity index (χ3v) is 2.06. The molecule has 3 heteroatoms. The van der Waals surface area contributed by atoms with Crippen molar-refractivity contribution in [3.8, 4) is 0 Å². The largest absolute Gasteiger partial charge is 0.450 e. The van der Waals surface area contributed by atoms with Crippen molar-refractivity contribution in [1.82, 2.24) is 5.32 Å². The van der Waals surface area contributed by atoms with Gasteiger partial charge in [-0.1, -0.05) is 23.3 Å². The van der Waals surface area contributed by atoms with Gasteiger partial charge in [0.2, 0.25) is 0 Å². The molecule has 0 spiro atoms. The van der Waals surface area contributed by atoms with Crippen molar-refractivity contribution in [2.45, 2.75) is 40.5 Å². The molecule has 0 aliphatic heterocycles. The summed E-state index contributed by atoms with van der Waals surface area (Å²) in [6.07, 6.45) is 5.99. The zero-order chi connectivity index (χ0) is 12.4. The van der Waals surface area contributed by atoms with Gasteiger partial charge in [-0.3, -0.25) is 0 Å². The standard InChI is InChI=1S/C13H23NO2/c1-5-16-13(15)14-10-9-12(4)8-6-7-11(2)3/h7,9H,5-6,8,10H2,1-4H3,(H,14,15). The predicted octanol–water partition coefficient (Wildman–Crippen LogP) is 3.43. The molecule has 0 rings (SSSR count). The lowest BCUT2D eigenvalue weighted by Gasteiger charge is -2.03. The van der Waals surface area contributed by atoms with Gasteiger partial charge in [0.15, 0.2) is 0 Å². The van der Waals surface area contributed by atoms with Crippen molar-refractivity contribution < 1.29 is 9.53 Å². The van der Waals surface area contributed by atoms with Gasteiger partial charge < -0.3 is 10.1 Å². The Kier molecular flexibility index (Phi) is 8.31. The summed E-state index contributed by atoms with van der Waals surface area (Å²) in [6.45, 7) is 9.02. The molecule has 0 unspecified atom stereocenters. The summed E-state index contributed by atoms with van der Waals surface area (Å²) < 4.78 is 4.75. The third-order valence-electron chi connectivity index (χ3n) is 2.06. The highest BCUT2D eigenvalue weighted by Crippen LogP contribution is 2.05. The number of alkyl carbamates (subject to hydrolysis) is 1. The van der Waals surface area contributed by atoms with Crippen LogP contribution in [0.15, 0.2) is 23.3 Å². The maximum atomic E-state index is 11.0. The number of carbonyl (C=O) groups excluding carboxylic acids is 1. The second-order valence-corrected chi connectivity index (χ2v) is 3.97. The van der Waals surface area contributed by atoms with E-state index in [0.717, 1.165) is 12.8 Å². The molecular formula is C13H23NO2. The molecule has 0 bridgehead atoms. The molecule has 16 heavy (non-hydrogen) atoms. The summed E-state index contributed by atoms with van der Waals surface area (Å²) in [5.41, 5.74) is 2.63. The summed E-state index contributed by atoms with van der Waals surface area (Å²) in [4.78, 5) is 11.0. The molecule has 0 aliphatic rings. The minimum absolute atomic E-state index is 0.351. The molecule has 0 heterocycles. The smallest absolute Gasteiger partial charge is 0.407 e. The number of hydrogen-bond acceptors (Lipinski definition) is 2. The lowest BCUT2D eigenvalue weighted by molar-refractivity contribution is 0.153. The van der Waals surface area contributed by atoms with Crippen LogP contribution in [-0.2, 0) is 4.74 Å². The number of nitrogens with one attached hydrogen (secondary N) is 1. The normalized spacial score (nSPS) is 10.9. The van der Waals surface area contributed by atoms with Crippen LogP contribution in [0.3, 0.4) is 0 Å². The topological polar surface area (TPSA) is 38.3 Å². The van der Waals surface area contributed by atoms with Crippen LogP contribution in [0, 0.1) is 0 Å². The molecule has 0 atom stereocenters. The minimum atomic E-state index is -0.351. The van der Waals surface area contributed by atoms with Crippen molar-refractivity contribution in [3.05, 3.63) is 23.3 Å². The van der Waals surface area contributed by atoms with Crippen LogP contribution < -0.4 is 5.32 Å². The molecule has 3 nitrogen and oxygen atoms in total. The van der Waals surface area contributed by atoms with E-state index in [9.17, 15) is 4.79 Å². The van der Waals surface area contributed by atoms with Gasteiger partial charge in [-0.2, -0.15) is 0 Å². The van der Waals surface area contributed by atoms with Crippen LogP contribution in [0.2, 0.25) is 0 Å². The monoisotopic (exact) mass is 225 g/mol. The average molecular weight is 225 g/mol. The average Bonchev–Trinajstić information content (AvgIpc) is 2.17. The summed E-state index contributed by atoms with van der Waals surface area (Å²) in [6, 6.07) is 0. The Morgan fingerprint density at radius 1 is 1.25 bits per heavy atom. The van der Waals surface area contributed by atoms with E-state index in [2.05, 4.69) is 32.2 Å². The van der Waals surface area contributed by atoms with E-state index in [1.807, 2.05) is 6.08 Å². The van der Waals surface area contributed by atoms with E-state index in [-0.39, 0.29) is 6.09 Å². The van der Waals surface area contributed by atoms with Gasteiger partial charge in [0.05, 0.1) is 6.61 Å². The number of ether oxygens (including phenoxy) is 1. The first-order valence-corrected chi connectivity index (χ1v) is 5.75. The van der Waals surface area contributed by atoms with Gasteiger partial charge >= 0.3 is 6.09 Å². The van der Waals surface area contributed by atoms with E-state index < -0.39 is 0 Å². The summed E-state index contributed by atoms with van der Waals surface area (Å²) in [5.74, 6) is 0. The molecule has 0 aliphatic carbocycles. The Balaban J connectivity index is 3.70.